The number of hydrogen-bond donors (Lipinski definition) is 2. The lowest BCUT2D eigenvalue weighted by atomic mass is 10.0. The molecule has 0 saturated carbocycles. The number of hydrogen-bond acceptors (Lipinski definition) is 5. The third-order valence-electron chi connectivity index (χ3n) is 5.27. The van der Waals surface area contributed by atoms with Gasteiger partial charge in [0, 0.05) is 11.5 Å². The van der Waals surface area contributed by atoms with Crippen molar-refractivity contribution in [2.45, 2.75) is 13.0 Å². The first-order chi connectivity index (χ1) is 15.6. The van der Waals surface area contributed by atoms with Crippen LogP contribution < -0.4 is 10.9 Å². The molecular formula is C24H19N5O3. The molecule has 0 spiro atoms. The molecule has 8 heteroatoms. The fourth-order valence-corrected chi connectivity index (χ4v) is 3.64. The highest BCUT2D eigenvalue weighted by Gasteiger charge is 2.24. The zero-order valence-corrected chi connectivity index (χ0v) is 17.1. The number of nitrogens with zero attached hydrogens (tertiary/aromatic N) is 3. The summed E-state index contributed by atoms with van der Waals surface area (Å²) >= 11 is 0. The zero-order valence-electron chi connectivity index (χ0n) is 17.1. The van der Waals surface area contributed by atoms with Crippen molar-refractivity contribution < 1.29 is 9.21 Å². The van der Waals surface area contributed by atoms with Crippen molar-refractivity contribution in [2.75, 3.05) is 0 Å². The van der Waals surface area contributed by atoms with Gasteiger partial charge in [-0.1, -0.05) is 48.5 Å². The van der Waals surface area contributed by atoms with Gasteiger partial charge in [-0.3, -0.25) is 9.59 Å². The normalized spacial score (nSPS) is 12.0. The molecule has 3 heterocycles. The number of aromatic nitrogens is 4. The minimum Gasteiger partial charge on any atom is -0.459 e. The van der Waals surface area contributed by atoms with Crippen molar-refractivity contribution in [3.63, 3.8) is 0 Å². The van der Waals surface area contributed by atoms with Crippen LogP contribution in [0.15, 0.2) is 88.2 Å². The van der Waals surface area contributed by atoms with Gasteiger partial charge >= 0.3 is 0 Å². The van der Waals surface area contributed by atoms with Crippen LogP contribution in [-0.4, -0.2) is 25.9 Å². The summed E-state index contributed by atoms with van der Waals surface area (Å²) in [6.45, 7) is 1.77. The lowest BCUT2D eigenvalue weighted by Gasteiger charge is -2.17. The molecule has 2 N–H and O–H groups in total. The molecule has 0 aliphatic heterocycles. The summed E-state index contributed by atoms with van der Waals surface area (Å²) in [6, 6.07) is 21.7. The average Bonchev–Trinajstić information content (AvgIpc) is 3.42. The SMILES string of the molecule is Cc1c(C(=O)NC(c2ccccc2)c2cc3ccccc3o2)cnn1-c1ccc(=O)[nH]n1. The Labute approximate surface area is 182 Å². The molecule has 3 aromatic heterocycles. The van der Waals surface area contributed by atoms with E-state index in [0.29, 0.717) is 22.8 Å². The van der Waals surface area contributed by atoms with Crippen molar-refractivity contribution >= 4 is 16.9 Å². The van der Waals surface area contributed by atoms with E-state index in [9.17, 15) is 9.59 Å². The van der Waals surface area contributed by atoms with Gasteiger partial charge in [0.25, 0.3) is 11.5 Å². The molecule has 1 atom stereocenters. The number of fused-ring (bicyclic) bond motifs is 1. The summed E-state index contributed by atoms with van der Waals surface area (Å²) in [7, 11) is 0. The van der Waals surface area contributed by atoms with E-state index in [1.807, 2.05) is 60.7 Å². The molecule has 32 heavy (non-hydrogen) atoms. The topological polar surface area (TPSA) is 106 Å². The van der Waals surface area contributed by atoms with E-state index in [-0.39, 0.29) is 11.5 Å². The second-order valence-electron chi connectivity index (χ2n) is 7.34. The summed E-state index contributed by atoms with van der Waals surface area (Å²) in [5, 5.41) is 14.7. The number of nitrogens with one attached hydrogen (secondary N) is 2. The van der Waals surface area contributed by atoms with Crippen LogP contribution in [0, 0.1) is 6.92 Å². The van der Waals surface area contributed by atoms with E-state index in [1.54, 1.807) is 13.0 Å². The van der Waals surface area contributed by atoms with Gasteiger partial charge in [0.15, 0.2) is 5.82 Å². The van der Waals surface area contributed by atoms with Crippen molar-refractivity contribution in [1.29, 1.82) is 0 Å². The second kappa shape index (κ2) is 7.99. The van der Waals surface area contributed by atoms with Gasteiger partial charge in [-0.05, 0) is 30.7 Å². The molecule has 8 nitrogen and oxygen atoms in total. The van der Waals surface area contributed by atoms with E-state index < -0.39 is 6.04 Å². The first-order valence-electron chi connectivity index (χ1n) is 10.0. The number of amides is 1. The van der Waals surface area contributed by atoms with Crippen LogP contribution in [0.5, 0.6) is 0 Å². The number of furan rings is 1. The number of H-pyrrole nitrogens is 1. The minimum absolute atomic E-state index is 0.299. The van der Waals surface area contributed by atoms with Gasteiger partial charge in [-0.2, -0.15) is 10.2 Å². The Balaban J connectivity index is 1.50. The van der Waals surface area contributed by atoms with E-state index in [4.69, 9.17) is 4.42 Å². The molecule has 0 aliphatic carbocycles. The molecule has 5 rings (SSSR count). The van der Waals surface area contributed by atoms with Crippen LogP contribution in [0.4, 0.5) is 0 Å². The van der Waals surface area contributed by atoms with Crippen molar-refractivity contribution in [1.82, 2.24) is 25.3 Å². The monoisotopic (exact) mass is 425 g/mol. The lowest BCUT2D eigenvalue weighted by Crippen LogP contribution is -2.29. The highest BCUT2D eigenvalue weighted by Crippen LogP contribution is 2.29. The quantitative estimate of drug-likeness (QED) is 0.448. The zero-order chi connectivity index (χ0) is 22.1. The lowest BCUT2D eigenvalue weighted by molar-refractivity contribution is 0.0938. The van der Waals surface area contributed by atoms with E-state index in [1.165, 1.54) is 16.9 Å². The standard InChI is InChI=1S/C24H19N5O3/c1-15-18(14-25-29(15)21-11-12-22(30)28-27-21)24(31)26-23(16-7-3-2-4-8-16)20-13-17-9-5-6-10-19(17)32-20/h2-14,23H,1H3,(H,26,31)(H,28,30). The smallest absolute Gasteiger partial charge is 0.264 e. The fourth-order valence-electron chi connectivity index (χ4n) is 3.64. The van der Waals surface area contributed by atoms with E-state index in [0.717, 1.165) is 16.5 Å². The molecule has 1 unspecified atom stereocenters. The molecule has 0 bridgehead atoms. The summed E-state index contributed by atoms with van der Waals surface area (Å²) in [5.41, 5.74) is 2.33. The Morgan fingerprint density at radius 1 is 1.06 bits per heavy atom. The second-order valence-corrected chi connectivity index (χ2v) is 7.34. The van der Waals surface area contributed by atoms with Crippen LogP contribution in [0.2, 0.25) is 0 Å². The number of benzene rings is 2. The highest BCUT2D eigenvalue weighted by molar-refractivity contribution is 5.95. The molecule has 158 valence electrons. The number of para-hydroxylation sites is 1. The van der Waals surface area contributed by atoms with Crippen LogP contribution in [-0.2, 0) is 0 Å². The minimum atomic E-state index is -0.481. The van der Waals surface area contributed by atoms with Crippen LogP contribution >= 0.6 is 0 Å². The molecule has 0 saturated heterocycles. The maximum absolute atomic E-state index is 13.3. The Morgan fingerprint density at radius 2 is 1.84 bits per heavy atom. The fraction of sp³-hybridized carbons (Fsp3) is 0.0833. The first kappa shape index (κ1) is 19.5. The Bertz CT molecular complexity index is 1410. The Kier molecular flexibility index (Phi) is 4.87. The number of rotatable bonds is 5. The molecule has 1 amide bonds. The number of carbonyl (C=O) groups excluding carboxylic acids is 1. The van der Waals surface area contributed by atoms with Crippen LogP contribution in [0.3, 0.4) is 0 Å². The molecule has 5 aromatic rings. The van der Waals surface area contributed by atoms with Gasteiger partial charge in [0.2, 0.25) is 0 Å². The van der Waals surface area contributed by atoms with Gasteiger partial charge in [-0.15, -0.1) is 0 Å². The van der Waals surface area contributed by atoms with Gasteiger partial charge in [0.05, 0.1) is 17.5 Å². The van der Waals surface area contributed by atoms with Crippen LogP contribution in [0.1, 0.15) is 33.4 Å². The maximum atomic E-state index is 13.3. The first-order valence-corrected chi connectivity index (χ1v) is 10.0. The van der Waals surface area contributed by atoms with E-state index in [2.05, 4.69) is 20.6 Å². The molecule has 0 radical (unpaired) electrons. The summed E-state index contributed by atoms with van der Waals surface area (Å²) in [6.07, 6.45) is 1.48. The Morgan fingerprint density at radius 3 is 2.59 bits per heavy atom. The molecular weight excluding hydrogens is 406 g/mol. The summed E-state index contributed by atoms with van der Waals surface area (Å²) < 4.78 is 7.56. The van der Waals surface area contributed by atoms with Crippen molar-refractivity contribution in [3.05, 3.63) is 112 Å². The van der Waals surface area contributed by atoms with Crippen molar-refractivity contribution in [2.24, 2.45) is 0 Å². The largest absolute Gasteiger partial charge is 0.459 e. The predicted octanol–water partition coefficient (Wildman–Crippen LogP) is 3.53. The maximum Gasteiger partial charge on any atom is 0.264 e. The predicted molar refractivity (Wildman–Crippen MR) is 119 cm³/mol. The molecule has 2 aromatic carbocycles. The molecule has 0 aliphatic rings. The average molecular weight is 425 g/mol. The highest BCUT2D eigenvalue weighted by atomic mass is 16.3. The number of aromatic amines is 1. The summed E-state index contributed by atoms with van der Waals surface area (Å²) in [4.78, 5) is 24.5. The summed E-state index contributed by atoms with van der Waals surface area (Å²) in [5.74, 6) is 0.753. The number of carbonyl (C=O) groups is 1. The molecule has 0 fully saturated rings. The Hall–Kier alpha value is -4.46. The van der Waals surface area contributed by atoms with Gasteiger partial charge in [0.1, 0.15) is 17.4 Å². The van der Waals surface area contributed by atoms with Gasteiger partial charge in [-0.25, -0.2) is 9.78 Å². The van der Waals surface area contributed by atoms with Gasteiger partial charge < -0.3 is 9.73 Å². The van der Waals surface area contributed by atoms with Crippen molar-refractivity contribution in [3.8, 4) is 5.82 Å². The van der Waals surface area contributed by atoms with Crippen LogP contribution in [0.25, 0.3) is 16.8 Å². The third kappa shape index (κ3) is 3.58. The van der Waals surface area contributed by atoms with E-state index >= 15 is 0 Å². The third-order valence-corrected chi connectivity index (χ3v) is 5.27.